The zero-order chi connectivity index (χ0) is 12.8. The average Bonchev–Trinajstić information content (AvgIpc) is 2.73. The number of aryl methyl sites for hydroxylation is 1. The van der Waals surface area contributed by atoms with Crippen LogP contribution in [0.1, 0.15) is 56.3 Å². The average molecular weight is 246 g/mol. The molecule has 1 N–H and O–H groups in total. The third-order valence-electron chi connectivity index (χ3n) is 4.66. The van der Waals surface area contributed by atoms with Gasteiger partial charge in [0.15, 0.2) is 0 Å². The molecule has 2 heteroatoms. The van der Waals surface area contributed by atoms with Crippen LogP contribution in [0.2, 0.25) is 0 Å². The highest BCUT2D eigenvalue weighted by molar-refractivity contribution is 5.41. The minimum Gasteiger partial charge on any atom is -0.487 e. The van der Waals surface area contributed by atoms with E-state index in [0.717, 1.165) is 36.5 Å². The molecule has 3 rings (SSSR count). The van der Waals surface area contributed by atoms with Crippen LogP contribution in [0, 0.1) is 12.8 Å². The molecule has 3 unspecified atom stereocenters. The summed E-state index contributed by atoms with van der Waals surface area (Å²) >= 11 is 0. The molecular weight excluding hydrogens is 224 g/mol. The second-order valence-corrected chi connectivity index (χ2v) is 6.06. The highest BCUT2D eigenvalue weighted by Crippen LogP contribution is 2.49. The zero-order valence-electron chi connectivity index (χ0n) is 11.3. The fourth-order valence-electron chi connectivity index (χ4n) is 3.58. The van der Waals surface area contributed by atoms with Crippen molar-refractivity contribution in [1.29, 1.82) is 0 Å². The molecule has 0 saturated heterocycles. The van der Waals surface area contributed by atoms with Gasteiger partial charge in [-0.05, 0) is 44.2 Å². The summed E-state index contributed by atoms with van der Waals surface area (Å²) in [5, 5.41) is 10.4. The fraction of sp³-hybridized carbons (Fsp3) is 0.625. The number of rotatable bonds is 1. The van der Waals surface area contributed by atoms with Crippen LogP contribution in [0.25, 0.3) is 0 Å². The maximum atomic E-state index is 10.4. The van der Waals surface area contributed by atoms with E-state index < -0.39 is 0 Å². The molecule has 1 aliphatic heterocycles. The van der Waals surface area contributed by atoms with E-state index in [-0.39, 0.29) is 11.7 Å². The van der Waals surface area contributed by atoms with Crippen molar-refractivity contribution in [3.05, 3.63) is 29.3 Å². The highest BCUT2D eigenvalue weighted by Gasteiger charge is 2.45. The predicted octanol–water partition coefficient (Wildman–Crippen LogP) is 3.76. The van der Waals surface area contributed by atoms with Gasteiger partial charge in [0.1, 0.15) is 11.4 Å². The van der Waals surface area contributed by atoms with Gasteiger partial charge < -0.3 is 9.84 Å². The number of benzene rings is 1. The molecule has 2 nitrogen and oxygen atoms in total. The minimum absolute atomic E-state index is 0.0949. The smallest absolute Gasteiger partial charge is 0.125 e. The van der Waals surface area contributed by atoms with E-state index in [1.807, 2.05) is 6.07 Å². The molecule has 1 spiro atoms. The Morgan fingerprint density at radius 2 is 2.22 bits per heavy atom. The van der Waals surface area contributed by atoms with Crippen molar-refractivity contribution < 1.29 is 9.84 Å². The van der Waals surface area contributed by atoms with E-state index in [0.29, 0.717) is 0 Å². The van der Waals surface area contributed by atoms with Crippen molar-refractivity contribution in [2.75, 3.05) is 0 Å². The lowest BCUT2D eigenvalue weighted by Crippen LogP contribution is -2.38. The van der Waals surface area contributed by atoms with Crippen LogP contribution in [-0.2, 0) is 0 Å². The molecular formula is C16H22O2. The van der Waals surface area contributed by atoms with Gasteiger partial charge in [-0.15, -0.1) is 0 Å². The predicted molar refractivity (Wildman–Crippen MR) is 71.7 cm³/mol. The standard InChI is InChI=1S/C16H22O2/c1-3-12-6-7-16(9-12)10-14(17)13-8-11(2)4-5-15(13)18-16/h4-5,8,12,14,17H,3,6-7,9-10H2,1-2H3. The molecule has 98 valence electrons. The van der Waals surface area contributed by atoms with Gasteiger partial charge in [0.25, 0.3) is 0 Å². The Kier molecular flexibility index (Phi) is 2.86. The number of hydrogen-bond donors (Lipinski definition) is 1. The van der Waals surface area contributed by atoms with Crippen molar-refractivity contribution in [2.45, 2.75) is 57.7 Å². The molecule has 1 saturated carbocycles. The Hall–Kier alpha value is -1.02. The molecule has 0 aromatic heterocycles. The molecule has 1 fully saturated rings. The molecule has 18 heavy (non-hydrogen) atoms. The quantitative estimate of drug-likeness (QED) is 0.817. The van der Waals surface area contributed by atoms with Gasteiger partial charge in [-0.25, -0.2) is 0 Å². The van der Waals surface area contributed by atoms with Crippen LogP contribution in [0.3, 0.4) is 0 Å². The van der Waals surface area contributed by atoms with Crippen molar-refractivity contribution in [2.24, 2.45) is 5.92 Å². The number of aliphatic hydroxyl groups is 1. The Bertz CT molecular complexity index is 454. The number of fused-ring (bicyclic) bond motifs is 1. The summed E-state index contributed by atoms with van der Waals surface area (Å²) < 4.78 is 6.28. The van der Waals surface area contributed by atoms with E-state index in [1.54, 1.807) is 0 Å². The maximum Gasteiger partial charge on any atom is 0.125 e. The first-order valence-electron chi connectivity index (χ1n) is 7.09. The highest BCUT2D eigenvalue weighted by atomic mass is 16.5. The molecule has 0 radical (unpaired) electrons. The maximum absolute atomic E-state index is 10.4. The van der Waals surface area contributed by atoms with Crippen molar-refractivity contribution in [3.63, 3.8) is 0 Å². The second kappa shape index (κ2) is 4.27. The SMILES string of the molecule is CCC1CCC2(C1)CC(O)c1cc(C)ccc1O2. The van der Waals surface area contributed by atoms with E-state index >= 15 is 0 Å². The first-order chi connectivity index (χ1) is 8.62. The topological polar surface area (TPSA) is 29.5 Å². The normalized spacial score (nSPS) is 34.4. The number of hydrogen-bond acceptors (Lipinski definition) is 2. The van der Waals surface area contributed by atoms with Gasteiger partial charge in [-0.2, -0.15) is 0 Å². The van der Waals surface area contributed by atoms with Gasteiger partial charge in [-0.1, -0.05) is 25.0 Å². The first-order valence-corrected chi connectivity index (χ1v) is 7.09. The summed E-state index contributed by atoms with van der Waals surface area (Å²) in [6, 6.07) is 6.14. The van der Waals surface area contributed by atoms with E-state index in [2.05, 4.69) is 26.0 Å². The Labute approximate surface area is 109 Å². The number of aliphatic hydroxyl groups excluding tert-OH is 1. The molecule has 3 atom stereocenters. The molecule has 1 heterocycles. The Morgan fingerprint density at radius 1 is 1.39 bits per heavy atom. The fourth-order valence-corrected chi connectivity index (χ4v) is 3.58. The van der Waals surface area contributed by atoms with E-state index in [1.165, 1.54) is 18.4 Å². The summed E-state index contributed by atoms with van der Waals surface area (Å²) in [6.45, 7) is 4.31. The van der Waals surface area contributed by atoms with Crippen molar-refractivity contribution in [3.8, 4) is 5.75 Å². The molecule has 1 aromatic rings. The summed E-state index contributed by atoms with van der Waals surface area (Å²) in [7, 11) is 0. The van der Waals surface area contributed by atoms with Crippen LogP contribution < -0.4 is 4.74 Å². The monoisotopic (exact) mass is 246 g/mol. The van der Waals surface area contributed by atoms with E-state index in [9.17, 15) is 5.11 Å². The molecule has 1 aliphatic carbocycles. The third-order valence-corrected chi connectivity index (χ3v) is 4.66. The number of ether oxygens (including phenoxy) is 1. The van der Waals surface area contributed by atoms with Gasteiger partial charge >= 0.3 is 0 Å². The second-order valence-electron chi connectivity index (χ2n) is 6.06. The molecule has 0 amide bonds. The van der Waals surface area contributed by atoms with Crippen molar-refractivity contribution in [1.82, 2.24) is 0 Å². The minimum atomic E-state index is -0.357. The summed E-state index contributed by atoms with van der Waals surface area (Å²) in [4.78, 5) is 0. The van der Waals surface area contributed by atoms with Gasteiger partial charge in [-0.3, -0.25) is 0 Å². The summed E-state index contributed by atoms with van der Waals surface area (Å²) in [6.07, 6.45) is 5.07. The van der Waals surface area contributed by atoms with E-state index in [4.69, 9.17) is 4.74 Å². The van der Waals surface area contributed by atoms with Crippen LogP contribution in [0.4, 0.5) is 0 Å². The van der Waals surface area contributed by atoms with Crippen LogP contribution in [-0.4, -0.2) is 10.7 Å². The first kappa shape index (κ1) is 12.0. The largest absolute Gasteiger partial charge is 0.487 e. The van der Waals surface area contributed by atoms with Crippen LogP contribution in [0.5, 0.6) is 5.75 Å². The van der Waals surface area contributed by atoms with Gasteiger partial charge in [0.2, 0.25) is 0 Å². The van der Waals surface area contributed by atoms with Gasteiger partial charge in [0, 0.05) is 12.0 Å². The molecule has 1 aromatic carbocycles. The lowest BCUT2D eigenvalue weighted by molar-refractivity contribution is -0.0122. The summed E-state index contributed by atoms with van der Waals surface area (Å²) in [5.41, 5.74) is 2.06. The molecule has 2 aliphatic rings. The zero-order valence-corrected chi connectivity index (χ0v) is 11.3. The van der Waals surface area contributed by atoms with Gasteiger partial charge in [0.05, 0.1) is 6.10 Å². The molecule has 0 bridgehead atoms. The Morgan fingerprint density at radius 3 is 2.94 bits per heavy atom. The lowest BCUT2D eigenvalue weighted by atomic mass is 9.86. The van der Waals surface area contributed by atoms with Crippen LogP contribution in [0.15, 0.2) is 18.2 Å². The summed E-state index contributed by atoms with van der Waals surface area (Å²) in [5.74, 6) is 1.67. The van der Waals surface area contributed by atoms with Crippen molar-refractivity contribution >= 4 is 0 Å². The third kappa shape index (κ3) is 1.93. The lowest BCUT2D eigenvalue weighted by Gasteiger charge is -2.38. The van der Waals surface area contributed by atoms with Crippen LogP contribution >= 0.6 is 0 Å². The Balaban J connectivity index is 1.90.